The summed E-state index contributed by atoms with van der Waals surface area (Å²) in [6, 6.07) is 18.5. The van der Waals surface area contributed by atoms with E-state index in [2.05, 4.69) is 15.5 Å². The van der Waals surface area contributed by atoms with Crippen LogP contribution >= 0.6 is 0 Å². The maximum Gasteiger partial charge on any atom is 0.251 e. The monoisotopic (exact) mass is 403 g/mol. The molecule has 0 saturated heterocycles. The fourth-order valence-corrected chi connectivity index (χ4v) is 3.04. The molecule has 0 unspecified atom stereocenters. The lowest BCUT2D eigenvalue weighted by Crippen LogP contribution is -2.22. The van der Waals surface area contributed by atoms with E-state index < -0.39 is 11.7 Å². The van der Waals surface area contributed by atoms with Crippen molar-refractivity contribution in [1.29, 1.82) is 0 Å². The molecule has 4 rings (SSSR count). The van der Waals surface area contributed by atoms with Crippen LogP contribution in [0.15, 0.2) is 77.4 Å². The lowest BCUT2D eigenvalue weighted by atomic mass is 10.1. The average Bonchev–Trinajstić information content (AvgIpc) is 3.31. The number of amides is 1. The molecule has 0 radical (unpaired) electrons. The van der Waals surface area contributed by atoms with Crippen LogP contribution in [0.1, 0.15) is 16.1 Å². The molecule has 0 aliphatic carbocycles. The summed E-state index contributed by atoms with van der Waals surface area (Å²) >= 11 is 0. The first-order valence-electron chi connectivity index (χ1n) is 9.23. The molecule has 30 heavy (non-hydrogen) atoms. The molecule has 4 aromatic rings. The largest absolute Gasteiger partial charge is 0.496 e. The SMILES string of the molecule is COc1ccccc1-c1ccc(-c2cc(F)cc(C(=O)NCc3ccco3)c2)nn1. The number of rotatable bonds is 6. The normalized spacial score (nSPS) is 10.6. The summed E-state index contributed by atoms with van der Waals surface area (Å²) in [6.07, 6.45) is 1.52. The Labute approximate surface area is 172 Å². The van der Waals surface area contributed by atoms with Gasteiger partial charge in [0.05, 0.1) is 31.3 Å². The number of furan rings is 1. The molecular weight excluding hydrogens is 385 g/mol. The summed E-state index contributed by atoms with van der Waals surface area (Å²) < 4.78 is 24.7. The van der Waals surface area contributed by atoms with Crippen molar-refractivity contribution in [3.8, 4) is 28.3 Å². The maximum atomic E-state index is 14.2. The molecule has 1 amide bonds. The molecule has 7 heteroatoms. The van der Waals surface area contributed by atoms with Crippen LogP contribution in [0.2, 0.25) is 0 Å². The molecular formula is C23H18FN3O3. The van der Waals surface area contributed by atoms with E-state index in [9.17, 15) is 9.18 Å². The second kappa shape index (κ2) is 8.57. The van der Waals surface area contributed by atoms with E-state index in [0.717, 1.165) is 5.56 Å². The Kier molecular flexibility index (Phi) is 5.52. The minimum Gasteiger partial charge on any atom is -0.496 e. The highest BCUT2D eigenvalue weighted by Gasteiger charge is 2.13. The minimum absolute atomic E-state index is 0.187. The number of methoxy groups -OCH3 is 1. The third kappa shape index (κ3) is 4.20. The van der Waals surface area contributed by atoms with E-state index in [1.807, 2.05) is 24.3 Å². The Bertz CT molecular complexity index is 1160. The van der Waals surface area contributed by atoms with E-state index in [0.29, 0.717) is 28.5 Å². The highest BCUT2D eigenvalue weighted by Crippen LogP contribution is 2.29. The fraction of sp³-hybridized carbons (Fsp3) is 0.0870. The van der Waals surface area contributed by atoms with Gasteiger partial charge in [0.25, 0.3) is 5.91 Å². The third-order valence-electron chi connectivity index (χ3n) is 4.51. The minimum atomic E-state index is -0.536. The fourth-order valence-electron chi connectivity index (χ4n) is 3.04. The second-order valence-electron chi connectivity index (χ2n) is 6.49. The van der Waals surface area contributed by atoms with Crippen LogP contribution in [0.5, 0.6) is 5.75 Å². The van der Waals surface area contributed by atoms with Crippen molar-refractivity contribution in [1.82, 2.24) is 15.5 Å². The Hall–Kier alpha value is -4.00. The van der Waals surface area contributed by atoms with Gasteiger partial charge in [-0.2, -0.15) is 0 Å². The van der Waals surface area contributed by atoms with Gasteiger partial charge < -0.3 is 14.5 Å². The summed E-state index contributed by atoms with van der Waals surface area (Å²) in [5, 5.41) is 11.2. The number of nitrogens with zero attached hydrogens (tertiary/aromatic N) is 2. The summed E-state index contributed by atoms with van der Waals surface area (Å²) in [6.45, 7) is 0.213. The van der Waals surface area contributed by atoms with E-state index in [1.165, 1.54) is 18.4 Å². The van der Waals surface area contributed by atoms with Crippen molar-refractivity contribution < 1.29 is 18.3 Å². The van der Waals surface area contributed by atoms with Crippen LogP contribution in [0.3, 0.4) is 0 Å². The Balaban J connectivity index is 1.57. The Morgan fingerprint density at radius 1 is 1.03 bits per heavy atom. The van der Waals surface area contributed by atoms with Crippen molar-refractivity contribution in [2.24, 2.45) is 0 Å². The summed E-state index contributed by atoms with van der Waals surface area (Å²) in [5.74, 6) is 0.343. The van der Waals surface area contributed by atoms with Crippen molar-refractivity contribution in [2.75, 3.05) is 7.11 Å². The van der Waals surface area contributed by atoms with Crippen LogP contribution in [0, 0.1) is 5.82 Å². The molecule has 2 aromatic carbocycles. The average molecular weight is 403 g/mol. The molecule has 0 fully saturated rings. The van der Waals surface area contributed by atoms with Gasteiger partial charge >= 0.3 is 0 Å². The second-order valence-corrected chi connectivity index (χ2v) is 6.49. The molecule has 0 saturated carbocycles. The van der Waals surface area contributed by atoms with Crippen LogP contribution < -0.4 is 10.1 Å². The summed E-state index contributed by atoms with van der Waals surface area (Å²) in [7, 11) is 1.59. The molecule has 0 spiro atoms. The zero-order valence-electron chi connectivity index (χ0n) is 16.1. The quantitative estimate of drug-likeness (QED) is 0.514. The van der Waals surface area contributed by atoms with Crippen molar-refractivity contribution in [2.45, 2.75) is 6.54 Å². The van der Waals surface area contributed by atoms with Crippen LogP contribution in [-0.2, 0) is 6.54 Å². The lowest BCUT2D eigenvalue weighted by Gasteiger charge is -2.09. The van der Waals surface area contributed by atoms with E-state index in [-0.39, 0.29) is 12.1 Å². The topological polar surface area (TPSA) is 77.2 Å². The van der Waals surface area contributed by atoms with Gasteiger partial charge in [-0.25, -0.2) is 4.39 Å². The van der Waals surface area contributed by atoms with Crippen LogP contribution in [-0.4, -0.2) is 23.2 Å². The predicted octanol–water partition coefficient (Wildman–Crippen LogP) is 4.48. The molecule has 2 aromatic heterocycles. The number of aromatic nitrogens is 2. The van der Waals surface area contributed by atoms with E-state index in [4.69, 9.17) is 9.15 Å². The number of para-hydroxylation sites is 1. The molecule has 1 N–H and O–H groups in total. The Morgan fingerprint density at radius 3 is 2.57 bits per heavy atom. The zero-order valence-corrected chi connectivity index (χ0v) is 16.1. The van der Waals surface area contributed by atoms with E-state index in [1.54, 1.807) is 37.4 Å². The number of carbonyl (C=O) groups excluding carboxylic acids is 1. The van der Waals surface area contributed by atoms with Gasteiger partial charge in [-0.3, -0.25) is 4.79 Å². The number of benzene rings is 2. The first-order chi connectivity index (χ1) is 14.6. The standard InChI is InChI=1S/C23H18FN3O3/c1-29-22-7-3-2-6-19(22)21-9-8-20(26-27-21)15-11-16(13-17(24)12-15)23(28)25-14-18-5-4-10-30-18/h2-13H,14H2,1H3,(H,25,28). The van der Waals surface area contributed by atoms with Gasteiger partial charge in [-0.1, -0.05) is 12.1 Å². The van der Waals surface area contributed by atoms with Gasteiger partial charge in [0.2, 0.25) is 0 Å². The summed E-state index contributed by atoms with van der Waals surface area (Å²) in [4.78, 5) is 12.4. The van der Waals surface area contributed by atoms with Gasteiger partial charge in [0, 0.05) is 16.7 Å². The van der Waals surface area contributed by atoms with Gasteiger partial charge in [0.15, 0.2) is 0 Å². The lowest BCUT2D eigenvalue weighted by molar-refractivity contribution is 0.0947. The first kappa shape index (κ1) is 19.3. The van der Waals surface area contributed by atoms with Gasteiger partial charge in [-0.05, 0) is 54.6 Å². The molecule has 2 heterocycles. The zero-order chi connectivity index (χ0) is 20.9. The molecule has 0 atom stereocenters. The smallest absolute Gasteiger partial charge is 0.251 e. The number of ether oxygens (including phenoxy) is 1. The van der Waals surface area contributed by atoms with Gasteiger partial charge in [0.1, 0.15) is 17.3 Å². The number of nitrogens with one attached hydrogen (secondary N) is 1. The predicted molar refractivity (Wildman–Crippen MR) is 109 cm³/mol. The third-order valence-corrected chi connectivity index (χ3v) is 4.51. The summed E-state index contributed by atoms with van der Waals surface area (Å²) in [5.41, 5.74) is 2.53. The van der Waals surface area contributed by atoms with Crippen LogP contribution in [0.25, 0.3) is 22.5 Å². The number of hydrogen-bond donors (Lipinski definition) is 1. The highest BCUT2D eigenvalue weighted by molar-refractivity contribution is 5.95. The van der Waals surface area contributed by atoms with Crippen molar-refractivity contribution in [3.63, 3.8) is 0 Å². The van der Waals surface area contributed by atoms with Gasteiger partial charge in [-0.15, -0.1) is 10.2 Å². The molecule has 0 bridgehead atoms. The Morgan fingerprint density at radius 2 is 1.83 bits per heavy atom. The number of halogens is 1. The maximum absolute atomic E-state index is 14.2. The van der Waals surface area contributed by atoms with Crippen molar-refractivity contribution >= 4 is 5.91 Å². The molecule has 6 nitrogen and oxygen atoms in total. The molecule has 0 aliphatic rings. The first-order valence-corrected chi connectivity index (χ1v) is 9.23. The number of hydrogen-bond acceptors (Lipinski definition) is 5. The number of carbonyl (C=O) groups is 1. The van der Waals surface area contributed by atoms with Crippen LogP contribution in [0.4, 0.5) is 4.39 Å². The molecule has 150 valence electrons. The van der Waals surface area contributed by atoms with E-state index >= 15 is 0 Å². The highest BCUT2D eigenvalue weighted by atomic mass is 19.1. The van der Waals surface area contributed by atoms with Crippen molar-refractivity contribution in [3.05, 3.63) is 90.1 Å². The molecule has 0 aliphatic heterocycles.